The molecule has 0 bridgehead atoms. The molecule has 0 aliphatic heterocycles. The Bertz CT molecular complexity index is 354. The maximum atomic E-state index is 11.7. The molecule has 4 heteroatoms. The molecule has 0 aromatic heterocycles. The highest BCUT2D eigenvalue weighted by Crippen LogP contribution is 2.07. The highest BCUT2D eigenvalue weighted by molar-refractivity contribution is 5.81. The summed E-state index contributed by atoms with van der Waals surface area (Å²) in [4.78, 5) is 11.7. The molecule has 0 saturated heterocycles. The minimum absolute atomic E-state index is 0.110. The second kappa shape index (κ2) is 7.71. The minimum atomic E-state index is -0.438. The Hall–Kier alpha value is -1.55. The smallest absolute Gasteiger partial charge is 0.237 e. The number of hydrogen-bond acceptors (Lipinski definition) is 3. The monoisotopic (exact) mass is 250 g/mol. The Labute approximate surface area is 109 Å². The van der Waals surface area contributed by atoms with Gasteiger partial charge in [-0.15, -0.1) is 0 Å². The van der Waals surface area contributed by atoms with Crippen LogP contribution in [0, 0.1) is 5.92 Å². The summed E-state index contributed by atoms with van der Waals surface area (Å²) in [7, 11) is 0. The average molecular weight is 250 g/mol. The van der Waals surface area contributed by atoms with Crippen LogP contribution < -0.4 is 15.8 Å². The van der Waals surface area contributed by atoms with E-state index in [1.807, 2.05) is 44.2 Å². The SMILES string of the molecule is CC[C@H](C)[C@H](N)C(=O)NCCOc1ccccc1. The van der Waals surface area contributed by atoms with E-state index in [-0.39, 0.29) is 11.8 Å². The van der Waals surface area contributed by atoms with E-state index >= 15 is 0 Å². The molecular weight excluding hydrogens is 228 g/mol. The number of rotatable bonds is 7. The van der Waals surface area contributed by atoms with Crippen molar-refractivity contribution in [3.63, 3.8) is 0 Å². The molecule has 100 valence electrons. The lowest BCUT2D eigenvalue weighted by Gasteiger charge is -2.17. The standard InChI is InChI=1S/C14H22N2O2/c1-3-11(2)13(15)14(17)16-9-10-18-12-7-5-4-6-8-12/h4-8,11,13H,3,9-10,15H2,1-2H3,(H,16,17)/t11-,13-/m0/s1. The van der Waals surface area contributed by atoms with Gasteiger partial charge in [-0.3, -0.25) is 4.79 Å². The number of nitrogens with two attached hydrogens (primary N) is 1. The lowest BCUT2D eigenvalue weighted by atomic mass is 9.99. The van der Waals surface area contributed by atoms with E-state index in [1.54, 1.807) is 0 Å². The molecule has 0 spiro atoms. The van der Waals surface area contributed by atoms with Crippen LogP contribution in [0.4, 0.5) is 0 Å². The third kappa shape index (κ3) is 4.75. The van der Waals surface area contributed by atoms with Gasteiger partial charge in [-0.1, -0.05) is 38.5 Å². The quantitative estimate of drug-likeness (QED) is 0.722. The first-order valence-corrected chi connectivity index (χ1v) is 6.36. The zero-order valence-corrected chi connectivity index (χ0v) is 11.1. The number of carbonyl (C=O) groups excluding carboxylic acids is 1. The first-order chi connectivity index (χ1) is 8.65. The van der Waals surface area contributed by atoms with Crippen molar-refractivity contribution in [2.24, 2.45) is 11.7 Å². The summed E-state index contributed by atoms with van der Waals surface area (Å²) < 4.78 is 5.47. The molecular formula is C14H22N2O2. The van der Waals surface area contributed by atoms with Gasteiger partial charge in [-0.2, -0.15) is 0 Å². The predicted octanol–water partition coefficient (Wildman–Crippen LogP) is 1.55. The molecule has 0 aliphatic carbocycles. The van der Waals surface area contributed by atoms with E-state index in [0.717, 1.165) is 12.2 Å². The minimum Gasteiger partial charge on any atom is -0.492 e. The second-order valence-electron chi connectivity index (χ2n) is 4.36. The van der Waals surface area contributed by atoms with Crippen LogP contribution in [0.2, 0.25) is 0 Å². The normalized spacial score (nSPS) is 13.7. The highest BCUT2D eigenvalue weighted by atomic mass is 16.5. The van der Waals surface area contributed by atoms with Gasteiger partial charge in [0.05, 0.1) is 12.6 Å². The molecule has 18 heavy (non-hydrogen) atoms. The fourth-order valence-corrected chi connectivity index (χ4v) is 1.49. The predicted molar refractivity (Wildman–Crippen MR) is 72.4 cm³/mol. The lowest BCUT2D eigenvalue weighted by Crippen LogP contribution is -2.45. The van der Waals surface area contributed by atoms with Crippen molar-refractivity contribution in [3.05, 3.63) is 30.3 Å². The molecule has 1 amide bonds. The molecule has 3 N–H and O–H groups in total. The van der Waals surface area contributed by atoms with Gasteiger partial charge in [-0.25, -0.2) is 0 Å². The van der Waals surface area contributed by atoms with Crippen molar-refractivity contribution in [1.82, 2.24) is 5.32 Å². The summed E-state index contributed by atoms with van der Waals surface area (Å²) in [6.45, 7) is 4.92. The van der Waals surface area contributed by atoms with E-state index in [1.165, 1.54) is 0 Å². The van der Waals surface area contributed by atoms with Crippen LogP contribution in [0.5, 0.6) is 5.75 Å². The second-order valence-corrected chi connectivity index (χ2v) is 4.36. The van der Waals surface area contributed by atoms with Crippen molar-refractivity contribution < 1.29 is 9.53 Å². The van der Waals surface area contributed by atoms with Crippen LogP contribution in [0.3, 0.4) is 0 Å². The summed E-state index contributed by atoms with van der Waals surface area (Å²) in [6, 6.07) is 9.07. The Morgan fingerprint density at radius 2 is 2.06 bits per heavy atom. The topological polar surface area (TPSA) is 64.4 Å². The molecule has 0 radical (unpaired) electrons. The zero-order valence-electron chi connectivity index (χ0n) is 11.1. The van der Waals surface area contributed by atoms with Crippen LogP contribution >= 0.6 is 0 Å². The zero-order chi connectivity index (χ0) is 13.4. The van der Waals surface area contributed by atoms with Gasteiger partial charge in [0.1, 0.15) is 12.4 Å². The van der Waals surface area contributed by atoms with Gasteiger partial charge in [0.15, 0.2) is 0 Å². The van der Waals surface area contributed by atoms with E-state index < -0.39 is 6.04 Å². The van der Waals surface area contributed by atoms with Gasteiger partial charge in [-0.05, 0) is 18.1 Å². The largest absolute Gasteiger partial charge is 0.492 e. The Balaban J connectivity index is 2.20. The van der Waals surface area contributed by atoms with Crippen molar-refractivity contribution in [3.8, 4) is 5.75 Å². The summed E-state index contributed by atoms with van der Waals surface area (Å²) >= 11 is 0. The molecule has 4 nitrogen and oxygen atoms in total. The molecule has 1 aromatic carbocycles. The van der Waals surface area contributed by atoms with Gasteiger partial charge in [0, 0.05) is 0 Å². The third-order valence-corrected chi connectivity index (χ3v) is 2.97. The number of hydrogen-bond donors (Lipinski definition) is 2. The van der Waals surface area contributed by atoms with Crippen molar-refractivity contribution in [1.29, 1.82) is 0 Å². The van der Waals surface area contributed by atoms with Gasteiger partial charge >= 0.3 is 0 Å². The number of amides is 1. The number of nitrogens with one attached hydrogen (secondary N) is 1. The van der Waals surface area contributed by atoms with Crippen LogP contribution in [0.25, 0.3) is 0 Å². The van der Waals surface area contributed by atoms with Gasteiger partial charge < -0.3 is 15.8 Å². The Morgan fingerprint density at radius 1 is 1.39 bits per heavy atom. The van der Waals surface area contributed by atoms with E-state index in [9.17, 15) is 4.79 Å². The Kier molecular flexibility index (Phi) is 6.22. The lowest BCUT2D eigenvalue weighted by molar-refractivity contribution is -0.123. The highest BCUT2D eigenvalue weighted by Gasteiger charge is 2.18. The molecule has 0 heterocycles. The van der Waals surface area contributed by atoms with Crippen LogP contribution in [-0.2, 0) is 4.79 Å². The van der Waals surface area contributed by atoms with E-state index in [0.29, 0.717) is 13.2 Å². The first-order valence-electron chi connectivity index (χ1n) is 6.36. The fourth-order valence-electron chi connectivity index (χ4n) is 1.49. The van der Waals surface area contributed by atoms with Gasteiger partial charge in [0.25, 0.3) is 0 Å². The van der Waals surface area contributed by atoms with Crippen LogP contribution in [0.15, 0.2) is 30.3 Å². The summed E-state index contributed by atoms with van der Waals surface area (Å²) in [6.07, 6.45) is 0.898. The molecule has 0 fully saturated rings. The maximum Gasteiger partial charge on any atom is 0.237 e. The van der Waals surface area contributed by atoms with Crippen molar-refractivity contribution in [2.75, 3.05) is 13.2 Å². The van der Waals surface area contributed by atoms with Crippen molar-refractivity contribution in [2.45, 2.75) is 26.3 Å². The average Bonchev–Trinajstić information content (AvgIpc) is 2.42. The van der Waals surface area contributed by atoms with E-state index in [2.05, 4.69) is 5.32 Å². The summed E-state index contributed by atoms with van der Waals surface area (Å²) in [5.74, 6) is 0.888. The third-order valence-electron chi connectivity index (χ3n) is 2.97. The number of ether oxygens (including phenoxy) is 1. The number of carbonyl (C=O) groups is 1. The maximum absolute atomic E-state index is 11.7. The van der Waals surface area contributed by atoms with Crippen LogP contribution in [-0.4, -0.2) is 25.1 Å². The van der Waals surface area contributed by atoms with Crippen LogP contribution in [0.1, 0.15) is 20.3 Å². The van der Waals surface area contributed by atoms with Gasteiger partial charge in [0.2, 0.25) is 5.91 Å². The molecule has 2 atom stereocenters. The fraction of sp³-hybridized carbons (Fsp3) is 0.500. The molecule has 1 rings (SSSR count). The molecule has 0 saturated carbocycles. The van der Waals surface area contributed by atoms with Crippen molar-refractivity contribution >= 4 is 5.91 Å². The first kappa shape index (κ1) is 14.5. The van der Waals surface area contributed by atoms with E-state index in [4.69, 9.17) is 10.5 Å². The molecule has 0 unspecified atom stereocenters. The number of para-hydroxylation sites is 1. The summed E-state index contributed by atoms with van der Waals surface area (Å²) in [5, 5.41) is 2.78. The Morgan fingerprint density at radius 3 is 2.67 bits per heavy atom. The summed E-state index contributed by atoms with van der Waals surface area (Å²) in [5.41, 5.74) is 5.81. The molecule has 1 aromatic rings. The molecule has 0 aliphatic rings. The number of benzene rings is 1.